The highest BCUT2D eigenvalue weighted by Gasteiger charge is 2.21. The molecule has 1 amide bonds. The fourth-order valence-electron chi connectivity index (χ4n) is 3.39. The molecule has 0 atom stereocenters. The van der Waals surface area contributed by atoms with Crippen molar-refractivity contribution in [1.29, 1.82) is 0 Å². The van der Waals surface area contributed by atoms with Gasteiger partial charge in [0.2, 0.25) is 11.9 Å². The van der Waals surface area contributed by atoms with Crippen molar-refractivity contribution in [2.24, 2.45) is 7.05 Å². The lowest BCUT2D eigenvalue weighted by Gasteiger charge is -2.19. The average Bonchev–Trinajstić information content (AvgIpc) is 3.35. The number of anilines is 1. The highest BCUT2D eigenvalue weighted by atomic mass is 19.1. The van der Waals surface area contributed by atoms with Crippen molar-refractivity contribution in [3.63, 3.8) is 0 Å². The van der Waals surface area contributed by atoms with Crippen molar-refractivity contribution in [1.82, 2.24) is 25.1 Å². The van der Waals surface area contributed by atoms with Gasteiger partial charge in [0.05, 0.1) is 11.8 Å². The van der Waals surface area contributed by atoms with Gasteiger partial charge in [-0.3, -0.25) is 10.1 Å². The third kappa shape index (κ3) is 4.51. The Hall–Kier alpha value is -3.07. The maximum absolute atomic E-state index is 13.8. The first-order valence-corrected chi connectivity index (χ1v) is 9.71. The predicted octanol–water partition coefficient (Wildman–Crippen LogP) is 2.65. The van der Waals surface area contributed by atoms with E-state index in [4.69, 9.17) is 4.42 Å². The number of halogens is 1. The van der Waals surface area contributed by atoms with Gasteiger partial charge in [-0.2, -0.15) is 10.1 Å². The Balaban J connectivity index is 1.34. The van der Waals surface area contributed by atoms with E-state index in [1.54, 1.807) is 29.9 Å². The van der Waals surface area contributed by atoms with Gasteiger partial charge in [0.25, 0.3) is 0 Å². The number of rotatable bonds is 6. The number of hydrogen-bond donors (Lipinski definition) is 2. The van der Waals surface area contributed by atoms with Crippen LogP contribution in [0.15, 0.2) is 34.9 Å². The van der Waals surface area contributed by atoms with Crippen LogP contribution in [0.1, 0.15) is 36.9 Å². The summed E-state index contributed by atoms with van der Waals surface area (Å²) in [7, 11) is 1.77. The van der Waals surface area contributed by atoms with Crippen LogP contribution in [0.5, 0.6) is 0 Å². The molecule has 9 heteroatoms. The van der Waals surface area contributed by atoms with E-state index < -0.39 is 0 Å². The van der Waals surface area contributed by atoms with E-state index in [-0.39, 0.29) is 18.1 Å². The minimum atomic E-state index is -0.375. The lowest BCUT2D eigenvalue weighted by molar-refractivity contribution is -0.116. The molecule has 3 aromatic rings. The van der Waals surface area contributed by atoms with Crippen molar-refractivity contribution < 1.29 is 13.6 Å². The first-order chi connectivity index (χ1) is 14.1. The van der Waals surface area contributed by atoms with Crippen molar-refractivity contribution in [2.75, 3.05) is 18.4 Å². The molecular formula is C20H23FN6O2. The summed E-state index contributed by atoms with van der Waals surface area (Å²) in [6.07, 6.45) is 3.93. The number of aromatic nitrogens is 4. The Kier molecular flexibility index (Phi) is 5.66. The molecule has 1 aliphatic heterocycles. The lowest BCUT2D eigenvalue weighted by Crippen LogP contribution is -2.27. The normalized spacial score (nSPS) is 14.8. The molecular weight excluding hydrogens is 375 g/mol. The fourth-order valence-corrected chi connectivity index (χ4v) is 3.39. The van der Waals surface area contributed by atoms with E-state index in [1.165, 1.54) is 12.3 Å². The zero-order valence-corrected chi connectivity index (χ0v) is 16.2. The van der Waals surface area contributed by atoms with Crippen LogP contribution >= 0.6 is 0 Å². The molecule has 0 bridgehead atoms. The molecule has 2 N–H and O–H groups in total. The molecule has 8 nitrogen and oxygen atoms in total. The Bertz CT molecular complexity index is 993. The molecule has 1 aromatic carbocycles. The second-order valence-corrected chi connectivity index (χ2v) is 7.09. The highest BCUT2D eigenvalue weighted by Crippen LogP contribution is 2.24. The van der Waals surface area contributed by atoms with Gasteiger partial charge in [0, 0.05) is 25.8 Å². The molecule has 4 rings (SSSR count). The summed E-state index contributed by atoms with van der Waals surface area (Å²) in [5, 5.41) is 10.6. The van der Waals surface area contributed by atoms with Gasteiger partial charge in [0.15, 0.2) is 17.5 Å². The van der Waals surface area contributed by atoms with Crippen LogP contribution in [0.3, 0.4) is 0 Å². The number of benzene rings is 1. The smallest absolute Gasteiger partial charge is 0.227 e. The Morgan fingerprint density at radius 2 is 2.14 bits per heavy atom. The van der Waals surface area contributed by atoms with Gasteiger partial charge < -0.3 is 9.73 Å². The van der Waals surface area contributed by atoms with E-state index in [0.29, 0.717) is 35.5 Å². The monoisotopic (exact) mass is 398 g/mol. The average molecular weight is 398 g/mol. The molecule has 29 heavy (non-hydrogen) atoms. The van der Waals surface area contributed by atoms with Crippen LogP contribution in [-0.4, -0.2) is 38.7 Å². The summed E-state index contributed by atoms with van der Waals surface area (Å²) >= 11 is 0. The first kappa shape index (κ1) is 19.3. The van der Waals surface area contributed by atoms with Crippen molar-refractivity contribution in [3.8, 4) is 11.3 Å². The van der Waals surface area contributed by atoms with Gasteiger partial charge in [0.1, 0.15) is 5.82 Å². The summed E-state index contributed by atoms with van der Waals surface area (Å²) in [5.41, 5.74) is 0.347. The first-order valence-electron chi connectivity index (χ1n) is 9.71. The van der Waals surface area contributed by atoms with Crippen LogP contribution in [0.2, 0.25) is 0 Å². The number of oxazole rings is 1. The third-order valence-electron chi connectivity index (χ3n) is 4.99. The van der Waals surface area contributed by atoms with Crippen LogP contribution in [0, 0.1) is 5.82 Å². The zero-order chi connectivity index (χ0) is 20.2. The third-order valence-corrected chi connectivity index (χ3v) is 4.99. The van der Waals surface area contributed by atoms with E-state index in [1.807, 2.05) is 0 Å². The number of nitrogens with one attached hydrogen (secondary N) is 2. The molecule has 1 aliphatic rings. The lowest BCUT2D eigenvalue weighted by atomic mass is 9.98. The van der Waals surface area contributed by atoms with Gasteiger partial charge in [-0.05, 0) is 38.1 Å². The van der Waals surface area contributed by atoms with Crippen LogP contribution in [0.4, 0.5) is 10.3 Å². The summed E-state index contributed by atoms with van der Waals surface area (Å²) < 4.78 is 21.0. The van der Waals surface area contributed by atoms with E-state index in [9.17, 15) is 9.18 Å². The SMILES string of the molecule is Cn1nc(C2CCNCC2)nc1NC(=O)CCc1ncc(-c2ccccc2F)o1. The molecule has 0 saturated carbocycles. The summed E-state index contributed by atoms with van der Waals surface area (Å²) in [5.74, 6) is 1.67. The van der Waals surface area contributed by atoms with Crippen molar-refractivity contribution in [3.05, 3.63) is 48.0 Å². The molecule has 1 fully saturated rings. The Morgan fingerprint density at radius 3 is 2.93 bits per heavy atom. The minimum Gasteiger partial charge on any atom is -0.441 e. The molecule has 0 radical (unpaired) electrons. The van der Waals surface area contributed by atoms with E-state index >= 15 is 0 Å². The minimum absolute atomic E-state index is 0.173. The van der Waals surface area contributed by atoms with E-state index in [0.717, 1.165) is 31.8 Å². The van der Waals surface area contributed by atoms with Crippen LogP contribution in [-0.2, 0) is 18.3 Å². The number of nitrogens with zero attached hydrogens (tertiary/aromatic N) is 4. The molecule has 0 aliphatic carbocycles. The number of piperidine rings is 1. The zero-order valence-electron chi connectivity index (χ0n) is 16.2. The van der Waals surface area contributed by atoms with Gasteiger partial charge in [-0.1, -0.05) is 12.1 Å². The number of aryl methyl sites for hydroxylation is 2. The summed E-state index contributed by atoms with van der Waals surface area (Å²) in [6, 6.07) is 6.33. The van der Waals surface area contributed by atoms with Gasteiger partial charge >= 0.3 is 0 Å². The molecule has 0 spiro atoms. The van der Waals surface area contributed by atoms with Crippen molar-refractivity contribution in [2.45, 2.75) is 31.6 Å². The standard InChI is InChI=1S/C20H23FN6O2/c1-27-20(25-19(26-27)13-8-10-22-11-9-13)24-17(28)6-7-18-23-12-16(29-18)14-4-2-3-5-15(14)21/h2-5,12-13,22H,6-11H2,1H3,(H,24,25,26,28). The number of carbonyl (C=O) groups excluding carboxylic acids is 1. The quantitative estimate of drug-likeness (QED) is 0.662. The fraction of sp³-hybridized carbons (Fsp3) is 0.400. The Labute approximate surface area is 167 Å². The maximum Gasteiger partial charge on any atom is 0.227 e. The molecule has 1 saturated heterocycles. The second kappa shape index (κ2) is 8.52. The topological polar surface area (TPSA) is 97.9 Å². The summed E-state index contributed by atoms with van der Waals surface area (Å²) in [4.78, 5) is 21.0. The summed E-state index contributed by atoms with van der Waals surface area (Å²) in [6.45, 7) is 1.91. The predicted molar refractivity (Wildman–Crippen MR) is 105 cm³/mol. The van der Waals surface area contributed by atoms with E-state index in [2.05, 4.69) is 25.7 Å². The number of hydrogen-bond acceptors (Lipinski definition) is 6. The molecule has 0 unspecified atom stereocenters. The van der Waals surface area contributed by atoms with Crippen LogP contribution < -0.4 is 10.6 Å². The molecule has 2 aromatic heterocycles. The number of carbonyl (C=O) groups is 1. The molecule has 3 heterocycles. The van der Waals surface area contributed by atoms with Crippen molar-refractivity contribution >= 4 is 11.9 Å². The largest absolute Gasteiger partial charge is 0.441 e. The van der Waals surface area contributed by atoms with Gasteiger partial charge in [-0.15, -0.1) is 0 Å². The number of amides is 1. The second-order valence-electron chi connectivity index (χ2n) is 7.09. The van der Waals surface area contributed by atoms with Crippen LogP contribution in [0.25, 0.3) is 11.3 Å². The highest BCUT2D eigenvalue weighted by molar-refractivity contribution is 5.89. The Morgan fingerprint density at radius 1 is 1.34 bits per heavy atom. The maximum atomic E-state index is 13.8. The van der Waals surface area contributed by atoms with Gasteiger partial charge in [-0.25, -0.2) is 14.1 Å². The molecule has 152 valence electrons.